The molecule has 0 aliphatic heterocycles. The first-order valence-electron chi connectivity index (χ1n) is 6.71. The highest BCUT2D eigenvalue weighted by Gasteiger charge is 2.18. The SMILES string of the molecule is CNC(c1ccc(Cl)c(OC)c1)c1coc2ccccc12. The van der Waals surface area contributed by atoms with Crippen LogP contribution in [0.1, 0.15) is 17.2 Å². The van der Waals surface area contributed by atoms with Gasteiger partial charge in [0.05, 0.1) is 24.4 Å². The Morgan fingerprint density at radius 2 is 2.00 bits per heavy atom. The Bertz CT molecular complexity index is 766. The molecule has 0 aliphatic carbocycles. The Balaban J connectivity index is 2.10. The van der Waals surface area contributed by atoms with Crippen LogP contribution in [0.3, 0.4) is 0 Å². The first-order valence-corrected chi connectivity index (χ1v) is 7.09. The predicted molar refractivity (Wildman–Crippen MR) is 85.1 cm³/mol. The number of hydrogen-bond donors (Lipinski definition) is 1. The summed E-state index contributed by atoms with van der Waals surface area (Å²) in [6.45, 7) is 0. The molecule has 1 N–H and O–H groups in total. The Labute approximate surface area is 128 Å². The fourth-order valence-electron chi connectivity index (χ4n) is 2.58. The second kappa shape index (κ2) is 5.80. The maximum Gasteiger partial charge on any atom is 0.137 e. The highest BCUT2D eigenvalue weighted by Crippen LogP contribution is 2.34. The van der Waals surface area contributed by atoms with E-state index in [1.165, 1.54) is 0 Å². The molecule has 1 heterocycles. The Kier molecular flexibility index (Phi) is 3.86. The number of para-hydroxylation sites is 1. The fourth-order valence-corrected chi connectivity index (χ4v) is 2.77. The van der Waals surface area contributed by atoms with Gasteiger partial charge in [0.2, 0.25) is 0 Å². The van der Waals surface area contributed by atoms with Crippen molar-refractivity contribution in [2.75, 3.05) is 14.2 Å². The van der Waals surface area contributed by atoms with Crippen LogP contribution in [0.4, 0.5) is 0 Å². The summed E-state index contributed by atoms with van der Waals surface area (Å²) in [4.78, 5) is 0. The first kappa shape index (κ1) is 14.0. The van der Waals surface area contributed by atoms with E-state index in [1.54, 1.807) is 13.4 Å². The third-order valence-electron chi connectivity index (χ3n) is 3.62. The predicted octanol–water partition coefficient (Wildman–Crippen LogP) is 4.40. The lowest BCUT2D eigenvalue weighted by atomic mass is 9.98. The highest BCUT2D eigenvalue weighted by molar-refractivity contribution is 6.32. The van der Waals surface area contributed by atoms with Crippen molar-refractivity contribution < 1.29 is 9.15 Å². The van der Waals surface area contributed by atoms with Crippen molar-refractivity contribution in [2.45, 2.75) is 6.04 Å². The molecule has 0 aliphatic rings. The molecule has 0 spiro atoms. The second-order valence-electron chi connectivity index (χ2n) is 4.80. The van der Waals surface area contributed by atoms with Crippen LogP contribution in [-0.2, 0) is 0 Å². The van der Waals surface area contributed by atoms with E-state index in [4.69, 9.17) is 20.8 Å². The molecule has 4 heteroatoms. The van der Waals surface area contributed by atoms with Gasteiger partial charge in [-0.3, -0.25) is 0 Å². The molecular formula is C17H16ClNO2. The van der Waals surface area contributed by atoms with Gasteiger partial charge in [0.1, 0.15) is 11.3 Å². The molecule has 2 aromatic carbocycles. The minimum atomic E-state index is 0.0137. The molecule has 3 rings (SSSR count). The van der Waals surface area contributed by atoms with E-state index in [2.05, 4.69) is 11.4 Å². The van der Waals surface area contributed by atoms with Crippen LogP contribution in [0.15, 0.2) is 53.1 Å². The molecular weight excluding hydrogens is 286 g/mol. The molecule has 0 radical (unpaired) electrons. The number of halogens is 1. The zero-order valence-electron chi connectivity index (χ0n) is 11.9. The van der Waals surface area contributed by atoms with Crippen LogP contribution in [-0.4, -0.2) is 14.2 Å². The summed E-state index contributed by atoms with van der Waals surface area (Å²) in [6, 6.07) is 13.8. The van der Waals surface area contributed by atoms with Crippen LogP contribution in [0.2, 0.25) is 5.02 Å². The number of ether oxygens (including phenoxy) is 1. The summed E-state index contributed by atoms with van der Waals surface area (Å²) >= 11 is 6.10. The quantitative estimate of drug-likeness (QED) is 0.775. The van der Waals surface area contributed by atoms with Gasteiger partial charge in [0, 0.05) is 10.9 Å². The van der Waals surface area contributed by atoms with Gasteiger partial charge in [-0.05, 0) is 30.8 Å². The van der Waals surface area contributed by atoms with Crippen molar-refractivity contribution >= 4 is 22.6 Å². The van der Waals surface area contributed by atoms with Crippen LogP contribution >= 0.6 is 11.6 Å². The van der Waals surface area contributed by atoms with E-state index < -0.39 is 0 Å². The summed E-state index contributed by atoms with van der Waals surface area (Å²) in [5, 5.41) is 5.03. The zero-order chi connectivity index (χ0) is 14.8. The van der Waals surface area contributed by atoms with Crippen molar-refractivity contribution in [1.82, 2.24) is 5.32 Å². The van der Waals surface area contributed by atoms with Gasteiger partial charge < -0.3 is 14.5 Å². The van der Waals surface area contributed by atoms with Crippen molar-refractivity contribution in [3.63, 3.8) is 0 Å². The molecule has 0 saturated heterocycles. The minimum absolute atomic E-state index is 0.0137. The topological polar surface area (TPSA) is 34.4 Å². The lowest BCUT2D eigenvalue weighted by Gasteiger charge is -2.17. The number of methoxy groups -OCH3 is 1. The molecule has 3 nitrogen and oxygen atoms in total. The summed E-state index contributed by atoms with van der Waals surface area (Å²) in [5.41, 5.74) is 3.05. The molecule has 1 aromatic heterocycles. The van der Waals surface area contributed by atoms with Crippen molar-refractivity contribution in [3.8, 4) is 5.75 Å². The van der Waals surface area contributed by atoms with Gasteiger partial charge in [-0.1, -0.05) is 35.9 Å². The van der Waals surface area contributed by atoms with Crippen molar-refractivity contribution in [1.29, 1.82) is 0 Å². The summed E-state index contributed by atoms with van der Waals surface area (Å²) < 4.78 is 10.9. The van der Waals surface area contributed by atoms with Gasteiger partial charge >= 0.3 is 0 Å². The van der Waals surface area contributed by atoms with Crippen LogP contribution in [0.25, 0.3) is 11.0 Å². The van der Waals surface area contributed by atoms with Crippen LogP contribution in [0, 0.1) is 0 Å². The monoisotopic (exact) mass is 301 g/mol. The maximum atomic E-state index is 6.10. The Hall–Kier alpha value is -1.97. The molecule has 0 bridgehead atoms. The standard InChI is InChI=1S/C17H16ClNO2/c1-19-17(11-7-8-14(18)16(9-11)20-2)13-10-21-15-6-4-3-5-12(13)15/h3-10,17,19H,1-2H3. The zero-order valence-corrected chi connectivity index (χ0v) is 12.6. The highest BCUT2D eigenvalue weighted by atomic mass is 35.5. The van der Waals surface area contributed by atoms with Crippen molar-refractivity contribution in [2.24, 2.45) is 0 Å². The van der Waals surface area contributed by atoms with Gasteiger partial charge in [-0.2, -0.15) is 0 Å². The molecule has 1 atom stereocenters. The van der Waals surface area contributed by atoms with E-state index in [0.29, 0.717) is 10.8 Å². The fraction of sp³-hybridized carbons (Fsp3) is 0.176. The summed E-state index contributed by atoms with van der Waals surface area (Å²) in [7, 11) is 3.54. The third-order valence-corrected chi connectivity index (χ3v) is 3.93. The molecule has 0 amide bonds. The van der Waals surface area contributed by atoms with Gasteiger partial charge in [0.15, 0.2) is 0 Å². The molecule has 21 heavy (non-hydrogen) atoms. The van der Waals surface area contributed by atoms with E-state index in [9.17, 15) is 0 Å². The molecule has 0 fully saturated rings. The molecule has 3 aromatic rings. The lowest BCUT2D eigenvalue weighted by molar-refractivity contribution is 0.414. The normalized spacial score (nSPS) is 12.5. The van der Waals surface area contributed by atoms with E-state index in [0.717, 1.165) is 22.1 Å². The maximum absolute atomic E-state index is 6.10. The molecule has 1 unspecified atom stereocenters. The first-order chi connectivity index (χ1) is 10.2. The second-order valence-corrected chi connectivity index (χ2v) is 5.21. The van der Waals surface area contributed by atoms with Crippen LogP contribution < -0.4 is 10.1 Å². The Morgan fingerprint density at radius 1 is 1.19 bits per heavy atom. The summed E-state index contributed by atoms with van der Waals surface area (Å²) in [5.74, 6) is 0.669. The number of fused-ring (bicyclic) bond motifs is 1. The number of nitrogens with one attached hydrogen (secondary N) is 1. The Morgan fingerprint density at radius 3 is 2.76 bits per heavy atom. The molecule has 0 saturated carbocycles. The van der Waals surface area contributed by atoms with E-state index in [-0.39, 0.29) is 6.04 Å². The minimum Gasteiger partial charge on any atom is -0.495 e. The van der Waals surface area contributed by atoms with Gasteiger partial charge in [-0.15, -0.1) is 0 Å². The largest absolute Gasteiger partial charge is 0.495 e. The van der Waals surface area contributed by atoms with Crippen molar-refractivity contribution in [3.05, 3.63) is 64.9 Å². The summed E-state index contributed by atoms with van der Waals surface area (Å²) in [6.07, 6.45) is 1.80. The number of rotatable bonds is 4. The van der Waals surface area contributed by atoms with E-state index >= 15 is 0 Å². The lowest BCUT2D eigenvalue weighted by Crippen LogP contribution is -2.17. The van der Waals surface area contributed by atoms with Gasteiger partial charge in [-0.25, -0.2) is 0 Å². The average molecular weight is 302 g/mol. The van der Waals surface area contributed by atoms with E-state index in [1.807, 2.05) is 43.4 Å². The molecule has 108 valence electrons. The number of furan rings is 1. The average Bonchev–Trinajstić information content (AvgIpc) is 2.94. The van der Waals surface area contributed by atoms with Gasteiger partial charge in [0.25, 0.3) is 0 Å². The number of benzene rings is 2. The number of hydrogen-bond acceptors (Lipinski definition) is 3. The third kappa shape index (κ3) is 2.50. The smallest absolute Gasteiger partial charge is 0.137 e. The van der Waals surface area contributed by atoms with Crippen LogP contribution in [0.5, 0.6) is 5.75 Å².